The second kappa shape index (κ2) is 4.31. The van der Waals surface area contributed by atoms with Crippen molar-refractivity contribution in [2.75, 3.05) is 0 Å². The topological polar surface area (TPSA) is 38.9 Å². The summed E-state index contributed by atoms with van der Waals surface area (Å²) >= 11 is 0. The van der Waals surface area contributed by atoms with Gasteiger partial charge in [-0.1, -0.05) is 19.9 Å². The standard InChI is InChI=1S/C13H20N2/c1-3-10-4-5-11(15-8-10)7-13(14)12-6-9(12)2/h4-5,8-9,12-13H,3,6-7,14H2,1-2H3. The molecule has 1 aromatic rings. The summed E-state index contributed by atoms with van der Waals surface area (Å²) in [5.41, 5.74) is 8.57. The molecule has 3 atom stereocenters. The zero-order chi connectivity index (χ0) is 10.8. The molecule has 82 valence electrons. The van der Waals surface area contributed by atoms with Crippen molar-refractivity contribution in [3.05, 3.63) is 29.6 Å². The first kappa shape index (κ1) is 10.6. The van der Waals surface area contributed by atoms with E-state index in [-0.39, 0.29) is 0 Å². The fraction of sp³-hybridized carbons (Fsp3) is 0.615. The molecule has 0 aromatic carbocycles. The molecular formula is C13H20N2. The zero-order valence-electron chi connectivity index (χ0n) is 9.61. The van der Waals surface area contributed by atoms with E-state index in [1.54, 1.807) is 0 Å². The Bertz CT molecular complexity index is 318. The third kappa shape index (κ3) is 2.57. The minimum Gasteiger partial charge on any atom is -0.327 e. The van der Waals surface area contributed by atoms with Crippen LogP contribution in [0.4, 0.5) is 0 Å². The number of aromatic nitrogens is 1. The second-order valence-electron chi connectivity index (χ2n) is 4.76. The Morgan fingerprint density at radius 3 is 2.73 bits per heavy atom. The van der Waals surface area contributed by atoms with E-state index in [0.717, 1.165) is 30.4 Å². The predicted molar refractivity (Wildman–Crippen MR) is 62.6 cm³/mol. The summed E-state index contributed by atoms with van der Waals surface area (Å²) in [5, 5.41) is 0. The highest BCUT2D eigenvalue weighted by Crippen LogP contribution is 2.40. The number of hydrogen-bond donors (Lipinski definition) is 1. The molecular weight excluding hydrogens is 184 g/mol. The maximum absolute atomic E-state index is 6.13. The first-order chi connectivity index (χ1) is 7.20. The number of rotatable bonds is 4. The number of pyridine rings is 1. The summed E-state index contributed by atoms with van der Waals surface area (Å²) in [6, 6.07) is 4.58. The number of aryl methyl sites for hydroxylation is 1. The SMILES string of the molecule is CCc1ccc(CC(N)C2CC2C)nc1. The van der Waals surface area contributed by atoms with Gasteiger partial charge in [-0.3, -0.25) is 4.98 Å². The normalized spacial score (nSPS) is 26.3. The van der Waals surface area contributed by atoms with Crippen molar-refractivity contribution in [2.24, 2.45) is 17.6 Å². The van der Waals surface area contributed by atoms with Gasteiger partial charge in [0, 0.05) is 24.4 Å². The van der Waals surface area contributed by atoms with Gasteiger partial charge in [0.2, 0.25) is 0 Å². The lowest BCUT2D eigenvalue weighted by atomic mass is 10.1. The fourth-order valence-corrected chi connectivity index (χ4v) is 2.13. The molecule has 0 bridgehead atoms. The van der Waals surface area contributed by atoms with Gasteiger partial charge in [-0.25, -0.2) is 0 Å². The Morgan fingerprint density at radius 2 is 2.27 bits per heavy atom. The minimum absolute atomic E-state index is 0.306. The molecule has 1 aliphatic rings. The molecule has 2 heteroatoms. The van der Waals surface area contributed by atoms with E-state index in [2.05, 4.69) is 31.0 Å². The summed E-state index contributed by atoms with van der Waals surface area (Å²) in [6.07, 6.45) is 5.25. The molecule has 3 unspecified atom stereocenters. The van der Waals surface area contributed by atoms with E-state index in [1.165, 1.54) is 12.0 Å². The van der Waals surface area contributed by atoms with Crippen molar-refractivity contribution < 1.29 is 0 Å². The van der Waals surface area contributed by atoms with Crippen LogP contribution < -0.4 is 5.73 Å². The second-order valence-corrected chi connectivity index (χ2v) is 4.76. The van der Waals surface area contributed by atoms with Gasteiger partial charge in [-0.15, -0.1) is 0 Å². The maximum atomic E-state index is 6.13. The highest BCUT2D eigenvalue weighted by atomic mass is 14.7. The molecule has 1 saturated carbocycles. The minimum atomic E-state index is 0.306. The first-order valence-electron chi connectivity index (χ1n) is 5.90. The monoisotopic (exact) mass is 204 g/mol. The Balaban J connectivity index is 1.92. The van der Waals surface area contributed by atoms with Gasteiger partial charge in [-0.05, 0) is 36.3 Å². The van der Waals surface area contributed by atoms with Crippen LogP contribution in [0.5, 0.6) is 0 Å². The van der Waals surface area contributed by atoms with Crippen molar-refractivity contribution in [2.45, 2.75) is 39.2 Å². The van der Waals surface area contributed by atoms with E-state index in [4.69, 9.17) is 5.73 Å². The van der Waals surface area contributed by atoms with Crippen molar-refractivity contribution in [1.82, 2.24) is 4.98 Å². The molecule has 0 spiro atoms. The third-order valence-corrected chi connectivity index (χ3v) is 3.46. The van der Waals surface area contributed by atoms with Gasteiger partial charge in [0.1, 0.15) is 0 Å². The molecule has 2 nitrogen and oxygen atoms in total. The van der Waals surface area contributed by atoms with Gasteiger partial charge in [0.05, 0.1) is 0 Å². The van der Waals surface area contributed by atoms with E-state index in [0.29, 0.717) is 6.04 Å². The molecule has 1 aliphatic carbocycles. The van der Waals surface area contributed by atoms with Crippen molar-refractivity contribution in [3.8, 4) is 0 Å². The lowest BCUT2D eigenvalue weighted by Gasteiger charge is -2.10. The van der Waals surface area contributed by atoms with Crippen LogP contribution in [0.1, 0.15) is 31.5 Å². The molecule has 0 saturated heterocycles. The smallest absolute Gasteiger partial charge is 0.0419 e. The molecule has 15 heavy (non-hydrogen) atoms. The lowest BCUT2D eigenvalue weighted by molar-refractivity contribution is 0.554. The highest BCUT2D eigenvalue weighted by Gasteiger charge is 2.37. The van der Waals surface area contributed by atoms with Crippen LogP contribution >= 0.6 is 0 Å². The van der Waals surface area contributed by atoms with Gasteiger partial charge >= 0.3 is 0 Å². The number of nitrogens with two attached hydrogens (primary N) is 1. The zero-order valence-corrected chi connectivity index (χ0v) is 9.61. The summed E-state index contributed by atoms with van der Waals surface area (Å²) in [4.78, 5) is 4.44. The Morgan fingerprint density at radius 1 is 1.53 bits per heavy atom. The van der Waals surface area contributed by atoms with Gasteiger partial charge < -0.3 is 5.73 Å². The molecule has 0 aliphatic heterocycles. The summed E-state index contributed by atoms with van der Waals surface area (Å²) in [5.74, 6) is 1.56. The molecule has 2 rings (SSSR count). The number of hydrogen-bond acceptors (Lipinski definition) is 2. The fourth-order valence-electron chi connectivity index (χ4n) is 2.13. The van der Waals surface area contributed by atoms with Gasteiger partial charge in [0.25, 0.3) is 0 Å². The molecule has 1 heterocycles. The first-order valence-corrected chi connectivity index (χ1v) is 5.90. The van der Waals surface area contributed by atoms with Gasteiger partial charge in [0.15, 0.2) is 0 Å². The molecule has 1 fully saturated rings. The maximum Gasteiger partial charge on any atom is 0.0419 e. The molecule has 1 aromatic heterocycles. The van der Waals surface area contributed by atoms with Crippen LogP contribution in [0.3, 0.4) is 0 Å². The van der Waals surface area contributed by atoms with E-state index in [1.807, 2.05) is 6.20 Å². The van der Waals surface area contributed by atoms with Crippen LogP contribution in [0.25, 0.3) is 0 Å². The molecule has 0 amide bonds. The van der Waals surface area contributed by atoms with E-state index < -0.39 is 0 Å². The largest absolute Gasteiger partial charge is 0.327 e. The average molecular weight is 204 g/mol. The Hall–Kier alpha value is -0.890. The van der Waals surface area contributed by atoms with E-state index in [9.17, 15) is 0 Å². The lowest BCUT2D eigenvalue weighted by Crippen LogP contribution is -2.26. The van der Waals surface area contributed by atoms with Crippen LogP contribution in [0.15, 0.2) is 18.3 Å². The summed E-state index contributed by atoms with van der Waals surface area (Å²) in [7, 11) is 0. The van der Waals surface area contributed by atoms with Crippen LogP contribution in [0.2, 0.25) is 0 Å². The molecule has 2 N–H and O–H groups in total. The predicted octanol–water partition coefficient (Wildman–Crippen LogP) is 2.17. The number of nitrogens with zero attached hydrogens (tertiary/aromatic N) is 1. The van der Waals surface area contributed by atoms with Crippen LogP contribution in [-0.4, -0.2) is 11.0 Å². The van der Waals surface area contributed by atoms with Crippen LogP contribution in [0, 0.1) is 11.8 Å². The summed E-state index contributed by atoms with van der Waals surface area (Å²) in [6.45, 7) is 4.42. The summed E-state index contributed by atoms with van der Waals surface area (Å²) < 4.78 is 0. The van der Waals surface area contributed by atoms with E-state index >= 15 is 0 Å². The van der Waals surface area contributed by atoms with Gasteiger partial charge in [-0.2, -0.15) is 0 Å². The Labute approximate surface area is 91.9 Å². The van der Waals surface area contributed by atoms with Crippen molar-refractivity contribution in [1.29, 1.82) is 0 Å². The third-order valence-electron chi connectivity index (χ3n) is 3.46. The Kier molecular flexibility index (Phi) is 3.06. The van der Waals surface area contributed by atoms with Crippen molar-refractivity contribution >= 4 is 0 Å². The van der Waals surface area contributed by atoms with Crippen LogP contribution in [-0.2, 0) is 12.8 Å². The average Bonchev–Trinajstić information content (AvgIpc) is 2.97. The quantitative estimate of drug-likeness (QED) is 0.816. The molecule has 0 radical (unpaired) electrons. The van der Waals surface area contributed by atoms with Crippen molar-refractivity contribution in [3.63, 3.8) is 0 Å². The highest BCUT2D eigenvalue weighted by molar-refractivity contribution is 5.15.